The van der Waals surface area contributed by atoms with Gasteiger partial charge in [-0.15, -0.1) is 0 Å². The van der Waals surface area contributed by atoms with Crippen molar-refractivity contribution in [2.75, 3.05) is 32.7 Å². The third kappa shape index (κ3) is 3.23. The molecule has 0 aromatic carbocycles. The van der Waals surface area contributed by atoms with Gasteiger partial charge in [0.1, 0.15) is 0 Å². The molecule has 0 bridgehead atoms. The smallest absolute Gasteiger partial charge is 0.236 e. The Kier molecular flexibility index (Phi) is 4.62. The van der Waals surface area contributed by atoms with Crippen LogP contribution in [0.25, 0.3) is 0 Å². The molecule has 1 saturated heterocycles. The van der Waals surface area contributed by atoms with Gasteiger partial charge in [-0.3, -0.25) is 9.69 Å². The Bertz CT molecular complexity index is 291. The number of likely N-dealkylation sites (N-methyl/N-ethyl adjacent to an activating group) is 1. The molecule has 2 N–H and O–H groups in total. The van der Waals surface area contributed by atoms with E-state index in [0.29, 0.717) is 30.3 Å². The molecule has 0 spiro atoms. The van der Waals surface area contributed by atoms with Gasteiger partial charge in [-0.05, 0) is 51.1 Å². The SMILES string of the molecule is CCN(C(=O)CN1CCC(CN)C(C)C1)C1CC1. The van der Waals surface area contributed by atoms with Crippen molar-refractivity contribution in [1.82, 2.24) is 9.80 Å². The second-order valence-corrected chi connectivity index (χ2v) is 5.91. The first-order valence-corrected chi connectivity index (χ1v) is 7.37. The molecule has 2 rings (SSSR count). The summed E-state index contributed by atoms with van der Waals surface area (Å²) >= 11 is 0. The molecule has 1 aliphatic heterocycles. The van der Waals surface area contributed by atoms with Gasteiger partial charge in [-0.25, -0.2) is 0 Å². The average Bonchev–Trinajstić information content (AvgIpc) is 3.15. The van der Waals surface area contributed by atoms with Gasteiger partial charge in [-0.2, -0.15) is 0 Å². The Morgan fingerprint density at radius 2 is 2.11 bits per heavy atom. The van der Waals surface area contributed by atoms with Crippen molar-refractivity contribution in [3.8, 4) is 0 Å². The Morgan fingerprint density at radius 3 is 2.61 bits per heavy atom. The van der Waals surface area contributed by atoms with Gasteiger partial charge >= 0.3 is 0 Å². The van der Waals surface area contributed by atoms with Crippen molar-refractivity contribution >= 4 is 5.91 Å². The Balaban J connectivity index is 1.80. The van der Waals surface area contributed by atoms with E-state index in [0.717, 1.165) is 32.6 Å². The standard InChI is InChI=1S/C14H27N3O/c1-3-17(13-4-5-13)14(18)10-16-7-6-12(8-15)11(2)9-16/h11-13H,3-10,15H2,1-2H3. The lowest BCUT2D eigenvalue weighted by atomic mass is 9.87. The van der Waals surface area contributed by atoms with Gasteiger partial charge < -0.3 is 10.6 Å². The molecular weight excluding hydrogens is 226 g/mol. The van der Waals surface area contributed by atoms with E-state index in [1.54, 1.807) is 0 Å². The fraction of sp³-hybridized carbons (Fsp3) is 0.929. The van der Waals surface area contributed by atoms with E-state index in [9.17, 15) is 4.79 Å². The zero-order valence-electron chi connectivity index (χ0n) is 11.8. The molecule has 2 atom stereocenters. The molecule has 4 nitrogen and oxygen atoms in total. The number of hydrogen-bond donors (Lipinski definition) is 1. The van der Waals surface area contributed by atoms with Crippen LogP contribution in [0.15, 0.2) is 0 Å². The first-order valence-electron chi connectivity index (χ1n) is 7.37. The monoisotopic (exact) mass is 253 g/mol. The minimum atomic E-state index is 0.318. The lowest BCUT2D eigenvalue weighted by Gasteiger charge is -2.37. The van der Waals surface area contributed by atoms with Gasteiger partial charge in [0.2, 0.25) is 5.91 Å². The first-order chi connectivity index (χ1) is 8.65. The van der Waals surface area contributed by atoms with Crippen LogP contribution in [0, 0.1) is 11.8 Å². The van der Waals surface area contributed by atoms with Crippen LogP contribution in [0.4, 0.5) is 0 Å². The largest absolute Gasteiger partial charge is 0.339 e. The van der Waals surface area contributed by atoms with Crippen LogP contribution in [-0.4, -0.2) is 54.5 Å². The number of nitrogens with zero attached hydrogens (tertiary/aromatic N) is 2. The van der Waals surface area contributed by atoms with Crippen molar-refractivity contribution in [3.05, 3.63) is 0 Å². The molecule has 1 aliphatic carbocycles. The highest BCUT2D eigenvalue weighted by Crippen LogP contribution is 2.27. The second-order valence-electron chi connectivity index (χ2n) is 5.91. The van der Waals surface area contributed by atoms with E-state index in [-0.39, 0.29) is 0 Å². The Hall–Kier alpha value is -0.610. The molecule has 1 saturated carbocycles. The molecule has 0 aromatic heterocycles. The van der Waals surface area contributed by atoms with Crippen molar-refractivity contribution in [1.29, 1.82) is 0 Å². The second kappa shape index (κ2) is 6.02. The van der Waals surface area contributed by atoms with Gasteiger partial charge in [-0.1, -0.05) is 6.92 Å². The molecule has 1 heterocycles. The fourth-order valence-corrected chi connectivity index (χ4v) is 3.08. The first kappa shape index (κ1) is 13.8. The molecule has 0 aromatic rings. The van der Waals surface area contributed by atoms with Crippen molar-refractivity contribution < 1.29 is 4.79 Å². The highest BCUT2D eigenvalue weighted by molar-refractivity contribution is 5.78. The van der Waals surface area contributed by atoms with Crippen LogP contribution in [0.2, 0.25) is 0 Å². The third-order valence-electron chi connectivity index (χ3n) is 4.48. The lowest BCUT2D eigenvalue weighted by Crippen LogP contribution is -2.47. The highest BCUT2D eigenvalue weighted by Gasteiger charge is 2.33. The summed E-state index contributed by atoms with van der Waals surface area (Å²) in [6.45, 7) is 8.64. The summed E-state index contributed by atoms with van der Waals surface area (Å²) in [6, 6.07) is 0.543. The summed E-state index contributed by atoms with van der Waals surface area (Å²) in [5.41, 5.74) is 5.76. The number of rotatable bonds is 5. The van der Waals surface area contributed by atoms with Crippen LogP contribution in [-0.2, 0) is 4.79 Å². The predicted molar refractivity (Wildman–Crippen MR) is 73.2 cm³/mol. The number of amides is 1. The normalized spacial score (nSPS) is 29.3. The third-order valence-corrected chi connectivity index (χ3v) is 4.48. The van der Waals surface area contributed by atoms with Crippen molar-refractivity contribution in [2.24, 2.45) is 17.6 Å². The maximum absolute atomic E-state index is 12.2. The summed E-state index contributed by atoms with van der Waals surface area (Å²) in [7, 11) is 0. The molecule has 0 radical (unpaired) electrons. The summed E-state index contributed by atoms with van der Waals surface area (Å²) in [6.07, 6.45) is 3.54. The van der Waals surface area contributed by atoms with Crippen LogP contribution < -0.4 is 5.73 Å². The molecule has 104 valence electrons. The van der Waals surface area contributed by atoms with Gasteiger partial charge in [0.05, 0.1) is 6.54 Å². The van der Waals surface area contributed by atoms with Crippen molar-refractivity contribution in [2.45, 2.75) is 39.2 Å². The molecule has 18 heavy (non-hydrogen) atoms. The molecular formula is C14H27N3O. The van der Waals surface area contributed by atoms with Crippen LogP contribution >= 0.6 is 0 Å². The van der Waals surface area contributed by atoms with Crippen LogP contribution in [0.5, 0.6) is 0 Å². The molecule has 2 aliphatic rings. The van der Waals surface area contributed by atoms with E-state index in [1.807, 2.05) is 0 Å². The van der Waals surface area contributed by atoms with E-state index in [4.69, 9.17) is 5.73 Å². The maximum Gasteiger partial charge on any atom is 0.236 e. The summed E-state index contributed by atoms with van der Waals surface area (Å²) in [4.78, 5) is 16.6. The number of nitrogens with two attached hydrogens (primary N) is 1. The molecule has 4 heteroatoms. The lowest BCUT2D eigenvalue weighted by molar-refractivity contribution is -0.133. The zero-order chi connectivity index (χ0) is 13.1. The quantitative estimate of drug-likeness (QED) is 0.792. The van der Waals surface area contributed by atoms with E-state index >= 15 is 0 Å². The highest BCUT2D eigenvalue weighted by atomic mass is 16.2. The summed E-state index contributed by atoms with van der Waals surface area (Å²) in [5.74, 6) is 1.58. The maximum atomic E-state index is 12.2. The predicted octanol–water partition coefficient (Wildman–Crippen LogP) is 0.914. The Morgan fingerprint density at radius 1 is 1.39 bits per heavy atom. The van der Waals surface area contributed by atoms with E-state index in [1.165, 1.54) is 12.8 Å². The topological polar surface area (TPSA) is 49.6 Å². The van der Waals surface area contributed by atoms with Crippen LogP contribution in [0.3, 0.4) is 0 Å². The summed E-state index contributed by atoms with van der Waals surface area (Å²) < 4.78 is 0. The number of hydrogen-bond acceptors (Lipinski definition) is 3. The van der Waals surface area contributed by atoms with Crippen LogP contribution in [0.1, 0.15) is 33.1 Å². The minimum Gasteiger partial charge on any atom is -0.339 e. The van der Waals surface area contributed by atoms with Crippen molar-refractivity contribution in [3.63, 3.8) is 0 Å². The number of piperidine rings is 1. The zero-order valence-corrected chi connectivity index (χ0v) is 11.8. The molecule has 2 fully saturated rings. The van der Waals surface area contributed by atoms with Gasteiger partial charge in [0.15, 0.2) is 0 Å². The Labute approximate surface area is 110 Å². The number of likely N-dealkylation sites (tertiary alicyclic amines) is 1. The number of carbonyl (C=O) groups excluding carboxylic acids is 1. The fourth-order valence-electron chi connectivity index (χ4n) is 3.08. The average molecular weight is 253 g/mol. The molecule has 2 unspecified atom stereocenters. The molecule has 1 amide bonds. The van der Waals surface area contributed by atoms with Gasteiger partial charge in [0.25, 0.3) is 0 Å². The van der Waals surface area contributed by atoms with Gasteiger partial charge in [0, 0.05) is 19.1 Å². The minimum absolute atomic E-state index is 0.318. The van der Waals surface area contributed by atoms with E-state index in [2.05, 4.69) is 23.6 Å². The van der Waals surface area contributed by atoms with E-state index < -0.39 is 0 Å². The number of carbonyl (C=O) groups is 1. The summed E-state index contributed by atoms with van der Waals surface area (Å²) in [5, 5.41) is 0.